The van der Waals surface area contributed by atoms with Crippen LogP contribution in [0.5, 0.6) is 0 Å². The van der Waals surface area contributed by atoms with E-state index in [0.717, 1.165) is 45.1 Å². The van der Waals surface area contributed by atoms with Gasteiger partial charge in [-0.2, -0.15) is 0 Å². The van der Waals surface area contributed by atoms with Crippen molar-refractivity contribution in [2.45, 2.75) is 69.6 Å². The maximum atomic E-state index is 12.2. The monoisotopic (exact) mass is 240 g/mol. The van der Waals surface area contributed by atoms with E-state index in [2.05, 4.69) is 5.32 Å². The van der Waals surface area contributed by atoms with Crippen LogP contribution in [0.25, 0.3) is 0 Å². The number of rotatable bonds is 3. The second-order valence-corrected chi connectivity index (χ2v) is 5.53. The third-order valence-electron chi connectivity index (χ3n) is 4.08. The molecule has 0 spiro atoms. The van der Waals surface area contributed by atoms with Gasteiger partial charge in [-0.1, -0.05) is 19.3 Å². The Balaban J connectivity index is 1.86. The summed E-state index contributed by atoms with van der Waals surface area (Å²) in [6, 6.07) is 0.0763. The minimum absolute atomic E-state index is 0.0141. The van der Waals surface area contributed by atoms with Crippen LogP contribution in [-0.2, 0) is 9.53 Å². The Morgan fingerprint density at radius 3 is 2.65 bits per heavy atom. The third-order valence-corrected chi connectivity index (χ3v) is 4.08. The quantitative estimate of drug-likeness (QED) is 0.782. The predicted molar refractivity (Wildman–Crippen MR) is 66.6 cm³/mol. The van der Waals surface area contributed by atoms with E-state index in [1.54, 1.807) is 0 Å². The average Bonchev–Trinajstić information content (AvgIpc) is 2.83. The van der Waals surface area contributed by atoms with Crippen LogP contribution < -0.4 is 11.1 Å². The first-order valence-electron chi connectivity index (χ1n) is 6.83. The van der Waals surface area contributed by atoms with Crippen molar-refractivity contribution in [2.75, 3.05) is 6.61 Å². The van der Waals surface area contributed by atoms with E-state index in [4.69, 9.17) is 10.5 Å². The highest BCUT2D eigenvalue weighted by molar-refractivity contribution is 5.86. The molecule has 0 bridgehead atoms. The fraction of sp³-hybridized carbons (Fsp3) is 0.923. The molecule has 0 aromatic carbocycles. The van der Waals surface area contributed by atoms with E-state index >= 15 is 0 Å². The van der Waals surface area contributed by atoms with Crippen molar-refractivity contribution in [2.24, 2.45) is 5.73 Å². The fourth-order valence-electron chi connectivity index (χ4n) is 2.85. The Bertz CT molecular complexity index is 269. The molecule has 1 amide bonds. The molecule has 2 aliphatic rings. The van der Waals surface area contributed by atoms with Crippen LogP contribution in [0.1, 0.15) is 51.9 Å². The molecular weight excluding hydrogens is 216 g/mol. The first-order chi connectivity index (χ1) is 8.12. The lowest BCUT2D eigenvalue weighted by Gasteiger charge is -2.33. The molecule has 1 saturated carbocycles. The molecule has 2 rings (SSSR count). The summed E-state index contributed by atoms with van der Waals surface area (Å²) in [6.45, 7) is 2.83. The van der Waals surface area contributed by atoms with Gasteiger partial charge < -0.3 is 15.8 Å². The maximum absolute atomic E-state index is 12.2. The Hall–Kier alpha value is -0.610. The molecular formula is C13H24N2O2. The normalized spacial score (nSPS) is 29.9. The van der Waals surface area contributed by atoms with Crippen molar-refractivity contribution < 1.29 is 9.53 Å². The maximum Gasteiger partial charge on any atom is 0.240 e. The lowest BCUT2D eigenvalue weighted by molar-refractivity contribution is -0.129. The van der Waals surface area contributed by atoms with Crippen LogP contribution in [0, 0.1) is 0 Å². The molecule has 2 atom stereocenters. The summed E-state index contributed by atoms with van der Waals surface area (Å²) < 4.78 is 5.58. The molecule has 17 heavy (non-hydrogen) atoms. The van der Waals surface area contributed by atoms with Gasteiger partial charge in [0.2, 0.25) is 5.91 Å². The molecule has 0 aromatic heterocycles. The van der Waals surface area contributed by atoms with Gasteiger partial charge in [-0.3, -0.25) is 4.79 Å². The molecule has 0 radical (unpaired) electrons. The summed E-state index contributed by atoms with van der Waals surface area (Å²) in [5.41, 5.74) is 5.56. The standard InChI is InChI=1S/C13H24N2O2/c1-10(11-6-5-9-17-11)15-12(16)13(14)7-3-2-4-8-13/h10-11H,2-9,14H2,1H3,(H,15,16). The van der Waals surface area contributed by atoms with Crippen molar-refractivity contribution in [1.82, 2.24) is 5.32 Å². The minimum Gasteiger partial charge on any atom is -0.376 e. The van der Waals surface area contributed by atoms with Crippen LogP contribution in [0.2, 0.25) is 0 Å². The summed E-state index contributed by atoms with van der Waals surface area (Å²) in [5, 5.41) is 3.04. The molecule has 1 saturated heterocycles. The van der Waals surface area contributed by atoms with E-state index in [1.807, 2.05) is 6.92 Å². The number of carbonyl (C=O) groups excluding carboxylic acids is 1. The molecule has 98 valence electrons. The summed E-state index contributed by atoms with van der Waals surface area (Å²) in [6.07, 6.45) is 7.28. The molecule has 3 N–H and O–H groups in total. The van der Waals surface area contributed by atoms with Crippen LogP contribution in [0.15, 0.2) is 0 Å². The van der Waals surface area contributed by atoms with Crippen LogP contribution in [-0.4, -0.2) is 30.2 Å². The smallest absolute Gasteiger partial charge is 0.240 e. The van der Waals surface area contributed by atoms with E-state index in [-0.39, 0.29) is 18.1 Å². The van der Waals surface area contributed by atoms with Crippen molar-refractivity contribution in [3.63, 3.8) is 0 Å². The Labute approximate surface area is 103 Å². The van der Waals surface area contributed by atoms with Crippen molar-refractivity contribution >= 4 is 5.91 Å². The van der Waals surface area contributed by atoms with Crippen LogP contribution >= 0.6 is 0 Å². The van der Waals surface area contributed by atoms with Crippen molar-refractivity contribution in [1.29, 1.82) is 0 Å². The van der Waals surface area contributed by atoms with Crippen molar-refractivity contribution in [3.05, 3.63) is 0 Å². The Morgan fingerprint density at radius 2 is 2.06 bits per heavy atom. The molecule has 0 aromatic rings. The van der Waals surface area contributed by atoms with Gasteiger partial charge in [-0.15, -0.1) is 0 Å². The molecule has 2 unspecified atom stereocenters. The zero-order valence-corrected chi connectivity index (χ0v) is 10.7. The number of amides is 1. The predicted octanol–water partition coefficient (Wildman–Crippen LogP) is 1.33. The number of nitrogens with two attached hydrogens (primary N) is 1. The summed E-state index contributed by atoms with van der Waals surface area (Å²) in [4.78, 5) is 12.2. The molecule has 1 aliphatic heterocycles. The van der Waals surface area contributed by atoms with E-state index in [0.29, 0.717) is 0 Å². The van der Waals surface area contributed by atoms with Gasteiger partial charge in [0.25, 0.3) is 0 Å². The Morgan fingerprint density at radius 1 is 1.35 bits per heavy atom. The highest BCUT2D eigenvalue weighted by Gasteiger charge is 2.37. The number of carbonyl (C=O) groups is 1. The van der Waals surface area contributed by atoms with E-state index in [9.17, 15) is 4.79 Å². The third kappa shape index (κ3) is 2.99. The highest BCUT2D eigenvalue weighted by Crippen LogP contribution is 2.26. The van der Waals surface area contributed by atoms with Gasteiger partial charge in [0.1, 0.15) is 0 Å². The van der Waals surface area contributed by atoms with Gasteiger partial charge >= 0.3 is 0 Å². The van der Waals surface area contributed by atoms with E-state index < -0.39 is 5.54 Å². The second kappa shape index (κ2) is 5.36. The minimum atomic E-state index is -0.634. The lowest BCUT2D eigenvalue weighted by atomic mass is 9.81. The van der Waals surface area contributed by atoms with Crippen molar-refractivity contribution in [3.8, 4) is 0 Å². The fourth-order valence-corrected chi connectivity index (χ4v) is 2.85. The first-order valence-corrected chi connectivity index (χ1v) is 6.83. The van der Waals surface area contributed by atoms with Gasteiger partial charge in [0.05, 0.1) is 17.7 Å². The largest absolute Gasteiger partial charge is 0.376 e. The summed E-state index contributed by atoms with van der Waals surface area (Å²) in [7, 11) is 0. The number of ether oxygens (including phenoxy) is 1. The second-order valence-electron chi connectivity index (χ2n) is 5.53. The van der Waals surface area contributed by atoms with Gasteiger partial charge in [-0.05, 0) is 32.6 Å². The molecule has 1 aliphatic carbocycles. The van der Waals surface area contributed by atoms with Gasteiger partial charge in [-0.25, -0.2) is 0 Å². The SMILES string of the molecule is CC(NC(=O)C1(N)CCCCC1)C1CCCO1. The van der Waals surface area contributed by atoms with Crippen LogP contribution in [0.3, 0.4) is 0 Å². The number of hydrogen-bond donors (Lipinski definition) is 2. The topological polar surface area (TPSA) is 64.4 Å². The van der Waals surface area contributed by atoms with Crippen LogP contribution in [0.4, 0.5) is 0 Å². The summed E-state index contributed by atoms with van der Waals surface area (Å²) >= 11 is 0. The molecule has 4 heteroatoms. The zero-order valence-electron chi connectivity index (χ0n) is 10.7. The highest BCUT2D eigenvalue weighted by atomic mass is 16.5. The molecule has 2 fully saturated rings. The number of hydrogen-bond acceptors (Lipinski definition) is 3. The lowest BCUT2D eigenvalue weighted by Crippen LogP contribution is -2.58. The Kier molecular flexibility index (Phi) is 4.05. The van der Waals surface area contributed by atoms with Gasteiger partial charge in [0.15, 0.2) is 0 Å². The zero-order chi connectivity index (χ0) is 12.3. The summed E-state index contributed by atoms with van der Waals surface area (Å²) in [5.74, 6) is 0.0141. The molecule has 4 nitrogen and oxygen atoms in total. The van der Waals surface area contributed by atoms with E-state index in [1.165, 1.54) is 6.42 Å². The average molecular weight is 240 g/mol. The number of nitrogens with one attached hydrogen (secondary N) is 1. The van der Waals surface area contributed by atoms with Gasteiger partial charge in [0, 0.05) is 6.61 Å². The molecule has 1 heterocycles. The first kappa shape index (κ1) is 12.8.